The van der Waals surface area contributed by atoms with E-state index < -0.39 is 15.7 Å². The first-order valence-electron chi connectivity index (χ1n) is 7.43. The fourth-order valence-electron chi connectivity index (χ4n) is 3.01. The fraction of sp³-hybridized carbons (Fsp3) is 0.500. The summed E-state index contributed by atoms with van der Waals surface area (Å²) < 4.78 is 28.7. The number of rotatable bonds is 3. The molecule has 0 amide bonds. The summed E-state index contributed by atoms with van der Waals surface area (Å²) in [6.07, 6.45) is 4.56. The van der Waals surface area contributed by atoms with Gasteiger partial charge in [0.2, 0.25) is 10.0 Å². The zero-order valence-electron chi connectivity index (χ0n) is 13.1. The van der Waals surface area contributed by atoms with Crippen LogP contribution in [0.3, 0.4) is 0 Å². The molecule has 3 heterocycles. The second-order valence-electron chi connectivity index (χ2n) is 5.78. The molecule has 1 saturated heterocycles. The highest BCUT2D eigenvalue weighted by Gasteiger charge is 2.33. The predicted molar refractivity (Wildman–Crippen MR) is 83.5 cm³/mol. The lowest BCUT2D eigenvalue weighted by atomic mass is 9.96. The summed E-state index contributed by atoms with van der Waals surface area (Å²) >= 11 is 0. The minimum atomic E-state index is -3.58. The fourth-order valence-corrected chi connectivity index (χ4v) is 4.73. The average molecular weight is 337 g/mol. The molecule has 0 saturated carbocycles. The lowest BCUT2D eigenvalue weighted by molar-refractivity contribution is 0.312. The van der Waals surface area contributed by atoms with Gasteiger partial charge in [0.25, 0.3) is 0 Å². The first-order valence-corrected chi connectivity index (χ1v) is 8.87. The third-order valence-corrected chi connectivity index (χ3v) is 6.08. The molecule has 124 valence electrons. The van der Waals surface area contributed by atoms with Crippen LogP contribution < -0.4 is 5.69 Å². The van der Waals surface area contributed by atoms with Crippen molar-refractivity contribution in [1.29, 1.82) is 0 Å². The van der Waals surface area contributed by atoms with E-state index in [0.29, 0.717) is 18.8 Å². The number of piperidine rings is 1. The molecule has 1 N–H and O–H groups in total. The summed E-state index contributed by atoms with van der Waals surface area (Å²) in [5.74, 6) is -0.0359. The standard InChI is InChI=1S/C14H19N5O3S/c1-10-13(9-18(2)17-10)23(21,22)19-7-3-4-11(8-19)12-5-6-15-14(20)16-12/h5-6,9,11H,3-4,7-8H2,1-2H3,(H,15,16,20)/t11-/m0/s1. The van der Waals surface area contributed by atoms with Gasteiger partial charge in [-0.3, -0.25) is 4.68 Å². The maximum absolute atomic E-state index is 12.9. The molecule has 8 nitrogen and oxygen atoms in total. The van der Waals surface area contributed by atoms with Crippen LogP contribution >= 0.6 is 0 Å². The Bertz CT molecular complexity index is 871. The molecular weight excluding hydrogens is 318 g/mol. The summed E-state index contributed by atoms with van der Waals surface area (Å²) in [7, 11) is -1.88. The lowest BCUT2D eigenvalue weighted by Gasteiger charge is -2.31. The molecule has 0 radical (unpaired) electrons. The zero-order chi connectivity index (χ0) is 16.6. The molecular formula is C14H19N5O3S. The van der Waals surface area contributed by atoms with E-state index in [1.165, 1.54) is 21.4 Å². The van der Waals surface area contributed by atoms with Gasteiger partial charge in [0, 0.05) is 44.1 Å². The second-order valence-corrected chi connectivity index (χ2v) is 7.69. The van der Waals surface area contributed by atoms with Gasteiger partial charge in [-0.25, -0.2) is 18.2 Å². The maximum atomic E-state index is 12.9. The Labute approximate surface area is 134 Å². The van der Waals surface area contributed by atoms with Crippen LogP contribution in [0.5, 0.6) is 0 Å². The zero-order valence-corrected chi connectivity index (χ0v) is 13.9. The molecule has 23 heavy (non-hydrogen) atoms. The molecule has 2 aromatic heterocycles. The molecule has 0 spiro atoms. The molecule has 0 aromatic carbocycles. The Hall–Kier alpha value is -2.00. The highest BCUT2D eigenvalue weighted by Crippen LogP contribution is 2.29. The van der Waals surface area contributed by atoms with Gasteiger partial charge in [0.05, 0.1) is 5.69 Å². The van der Waals surface area contributed by atoms with E-state index in [9.17, 15) is 13.2 Å². The van der Waals surface area contributed by atoms with E-state index >= 15 is 0 Å². The number of nitrogens with zero attached hydrogens (tertiary/aromatic N) is 4. The van der Waals surface area contributed by atoms with Crippen LogP contribution in [0.1, 0.15) is 30.1 Å². The van der Waals surface area contributed by atoms with Crippen LogP contribution in [0.2, 0.25) is 0 Å². The third kappa shape index (κ3) is 3.06. The Morgan fingerprint density at radius 1 is 1.39 bits per heavy atom. The Morgan fingerprint density at radius 3 is 2.83 bits per heavy atom. The molecule has 2 aromatic rings. The first-order chi connectivity index (χ1) is 10.9. The molecule has 0 aliphatic carbocycles. The van der Waals surface area contributed by atoms with Gasteiger partial charge in [-0.1, -0.05) is 0 Å². The minimum Gasteiger partial charge on any atom is -0.309 e. The van der Waals surface area contributed by atoms with Crippen molar-refractivity contribution >= 4 is 10.0 Å². The van der Waals surface area contributed by atoms with Crippen molar-refractivity contribution in [3.8, 4) is 0 Å². The van der Waals surface area contributed by atoms with Crippen molar-refractivity contribution in [2.75, 3.05) is 13.1 Å². The molecule has 3 rings (SSSR count). The van der Waals surface area contributed by atoms with Gasteiger partial charge < -0.3 is 4.98 Å². The highest BCUT2D eigenvalue weighted by atomic mass is 32.2. The SMILES string of the molecule is Cc1nn(C)cc1S(=O)(=O)N1CCC[C@H](c2ccnc(=O)[nH]2)C1. The van der Waals surface area contributed by atoms with Crippen molar-refractivity contribution in [3.63, 3.8) is 0 Å². The van der Waals surface area contributed by atoms with Crippen LogP contribution in [-0.2, 0) is 17.1 Å². The van der Waals surface area contributed by atoms with Gasteiger partial charge in [0.15, 0.2) is 0 Å². The molecule has 0 unspecified atom stereocenters. The Balaban J connectivity index is 1.89. The van der Waals surface area contributed by atoms with Crippen molar-refractivity contribution in [2.24, 2.45) is 7.05 Å². The molecule has 1 fully saturated rings. The summed E-state index contributed by atoms with van der Waals surface area (Å²) in [5, 5.41) is 4.12. The van der Waals surface area contributed by atoms with Crippen LogP contribution in [-0.4, -0.2) is 45.6 Å². The molecule has 9 heteroatoms. The van der Waals surface area contributed by atoms with E-state index in [4.69, 9.17) is 0 Å². The molecule has 0 bridgehead atoms. The number of H-pyrrole nitrogens is 1. The second kappa shape index (κ2) is 5.89. The average Bonchev–Trinajstić information content (AvgIpc) is 2.87. The minimum absolute atomic E-state index is 0.0359. The summed E-state index contributed by atoms with van der Waals surface area (Å²) in [4.78, 5) is 17.9. The quantitative estimate of drug-likeness (QED) is 0.872. The van der Waals surface area contributed by atoms with Gasteiger partial charge in [-0.05, 0) is 25.8 Å². The third-order valence-electron chi connectivity index (χ3n) is 4.11. The number of hydrogen-bond acceptors (Lipinski definition) is 5. The summed E-state index contributed by atoms with van der Waals surface area (Å²) in [6.45, 7) is 2.51. The maximum Gasteiger partial charge on any atom is 0.345 e. The van der Waals surface area contributed by atoms with Crippen molar-refractivity contribution in [3.05, 3.63) is 40.3 Å². The van der Waals surface area contributed by atoms with E-state index in [0.717, 1.165) is 18.5 Å². The lowest BCUT2D eigenvalue weighted by Crippen LogP contribution is -2.39. The van der Waals surface area contributed by atoms with E-state index in [-0.39, 0.29) is 10.8 Å². The van der Waals surface area contributed by atoms with Crippen molar-refractivity contribution < 1.29 is 8.42 Å². The predicted octanol–water partition coefficient (Wildman–Crippen LogP) is 0.380. The van der Waals surface area contributed by atoms with E-state index in [2.05, 4.69) is 15.1 Å². The van der Waals surface area contributed by atoms with Crippen LogP contribution in [0, 0.1) is 6.92 Å². The Kier molecular flexibility index (Phi) is 4.07. The van der Waals surface area contributed by atoms with Gasteiger partial charge in [0.1, 0.15) is 4.90 Å². The van der Waals surface area contributed by atoms with E-state index in [1.54, 1.807) is 20.0 Å². The summed E-state index contributed by atoms with van der Waals surface area (Å²) in [6, 6.07) is 1.73. The Morgan fingerprint density at radius 2 is 2.17 bits per heavy atom. The smallest absolute Gasteiger partial charge is 0.309 e. The number of nitrogens with one attached hydrogen (secondary N) is 1. The number of sulfonamides is 1. The number of aromatic amines is 1. The van der Waals surface area contributed by atoms with Crippen LogP contribution in [0.25, 0.3) is 0 Å². The van der Waals surface area contributed by atoms with Gasteiger partial charge >= 0.3 is 5.69 Å². The molecule has 1 aliphatic heterocycles. The summed E-state index contributed by atoms with van der Waals surface area (Å²) in [5.41, 5.74) is 0.810. The molecule has 1 aliphatic rings. The van der Waals surface area contributed by atoms with Gasteiger partial charge in [-0.2, -0.15) is 9.40 Å². The molecule has 1 atom stereocenters. The number of aryl methyl sites for hydroxylation is 2. The van der Waals surface area contributed by atoms with Crippen molar-refractivity contribution in [1.82, 2.24) is 24.1 Å². The van der Waals surface area contributed by atoms with Gasteiger partial charge in [-0.15, -0.1) is 0 Å². The number of aromatic nitrogens is 4. The topological polar surface area (TPSA) is 101 Å². The number of hydrogen-bond donors (Lipinski definition) is 1. The normalized spacial score (nSPS) is 19.8. The van der Waals surface area contributed by atoms with Crippen LogP contribution in [0.4, 0.5) is 0 Å². The van der Waals surface area contributed by atoms with Crippen molar-refractivity contribution in [2.45, 2.75) is 30.6 Å². The van der Waals surface area contributed by atoms with Crippen LogP contribution in [0.15, 0.2) is 28.2 Å². The largest absolute Gasteiger partial charge is 0.345 e. The monoisotopic (exact) mass is 337 g/mol. The highest BCUT2D eigenvalue weighted by molar-refractivity contribution is 7.89. The first kappa shape index (κ1) is 15.9. The van der Waals surface area contributed by atoms with E-state index in [1.807, 2.05) is 0 Å².